The fourth-order valence-electron chi connectivity index (χ4n) is 0.137. The van der Waals surface area contributed by atoms with Crippen molar-refractivity contribution < 1.29 is 4.79 Å². The third kappa shape index (κ3) is 4.96. The summed E-state index contributed by atoms with van der Waals surface area (Å²) >= 11 is 0. The number of nitriles is 1. The van der Waals surface area contributed by atoms with Crippen molar-refractivity contribution in [3.05, 3.63) is 6.42 Å². The Hall–Kier alpha value is -1.04. The van der Waals surface area contributed by atoms with Crippen molar-refractivity contribution in [2.24, 2.45) is 0 Å². The van der Waals surface area contributed by atoms with Crippen molar-refractivity contribution in [3.63, 3.8) is 0 Å². The van der Waals surface area contributed by atoms with Gasteiger partial charge in [0.05, 0.1) is 19.0 Å². The molecule has 1 amide bonds. The van der Waals surface area contributed by atoms with Crippen molar-refractivity contribution in [2.45, 2.75) is 0 Å². The molecule has 0 aromatic carbocycles. The number of carbonyl (C=O) groups is 1. The number of nitrogens with zero attached hydrogens (tertiary/aromatic N) is 2. The first-order valence-corrected chi connectivity index (χ1v) is 1.73. The molecule has 0 N–H and O–H groups in total. The fraction of sp³-hybridized carbons (Fsp3) is 0.250. The maximum Gasteiger partial charge on any atom is 0.228 e. The van der Waals surface area contributed by atoms with Crippen LogP contribution in [0.15, 0.2) is 0 Å². The van der Waals surface area contributed by atoms with E-state index in [4.69, 9.17) is 5.26 Å². The predicted molar refractivity (Wildman–Crippen MR) is 23.0 cm³/mol. The Labute approximate surface area is 41.9 Å². The lowest BCUT2D eigenvalue weighted by atomic mass is 10.5. The van der Waals surface area contributed by atoms with Gasteiger partial charge in [0, 0.05) is 0 Å². The molecule has 0 unspecified atom stereocenters. The molecule has 0 bridgehead atoms. The van der Waals surface area contributed by atoms with Crippen LogP contribution in [-0.4, -0.2) is 13.0 Å². The third-order valence-electron chi connectivity index (χ3n) is 0.363. The van der Waals surface area contributed by atoms with Crippen LogP contribution in [0, 0.1) is 17.8 Å². The topological polar surface area (TPSA) is 55.0 Å². The molecule has 0 spiro atoms. The minimum Gasteiger partial charge on any atom is -0.277 e. The first-order valence-electron chi connectivity index (χ1n) is 1.73. The molecule has 0 fully saturated rings. The Morgan fingerprint density at radius 2 is 2.57 bits per heavy atom. The molecule has 0 saturated carbocycles. The summed E-state index contributed by atoms with van der Waals surface area (Å²) in [6, 6.07) is 1.72. The predicted octanol–water partition coefficient (Wildman–Crippen LogP) is -0.525. The zero-order valence-corrected chi connectivity index (χ0v) is 3.66. The van der Waals surface area contributed by atoms with E-state index in [1.807, 2.05) is 0 Å². The molecular formula is C4H4N2O. The van der Waals surface area contributed by atoms with Gasteiger partial charge in [0.1, 0.15) is 0 Å². The number of hydrogen-bond donors (Lipinski definition) is 0. The Morgan fingerprint density at radius 1 is 1.86 bits per heavy atom. The molecule has 0 rings (SSSR count). The highest BCUT2D eigenvalue weighted by molar-refractivity contribution is 5.45. The lowest BCUT2D eigenvalue weighted by molar-refractivity contribution is -0.109. The molecule has 0 aliphatic heterocycles. The van der Waals surface area contributed by atoms with E-state index in [9.17, 15) is 4.79 Å². The number of hydrogen-bond acceptors (Lipinski definition) is 2. The van der Waals surface area contributed by atoms with Crippen LogP contribution in [0.4, 0.5) is 0 Å². The van der Waals surface area contributed by atoms with Gasteiger partial charge in [-0.2, -0.15) is 5.26 Å². The summed E-state index contributed by atoms with van der Waals surface area (Å²) in [5.74, 6) is 0. The molecule has 0 heterocycles. The van der Waals surface area contributed by atoms with E-state index in [1.54, 1.807) is 6.07 Å². The average molecular weight is 96.1 g/mol. The van der Waals surface area contributed by atoms with Gasteiger partial charge in [-0.3, -0.25) is 10.1 Å². The second kappa shape index (κ2) is 4.96. The van der Waals surface area contributed by atoms with Crippen LogP contribution >= 0.6 is 0 Å². The maximum absolute atomic E-state index is 9.38. The van der Waals surface area contributed by atoms with E-state index in [0.717, 1.165) is 0 Å². The smallest absolute Gasteiger partial charge is 0.228 e. The van der Waals surface area contributed by atoms with Gasteiger partial charge in [-0.1, -0.05) is 0 Å². The summed E-state index contributed by atoms with van der Waals surface area (Å²) in [7, 11) is 0. The zero-order valence-electron chi connectivity index (χ0n) is 3.66. The molecule has 3 nitrogen and oxygen atoms in total. The summed E-state index contributed by atoms with van der Waals surface area (Å²) in [5.41, 5.74) is 0. The van der Waals surface area contributed by atoms with E-state index >= 15 is 0 Å². The molecule has 36 valence electrons. The molecule has 0 aromatic rings. The van der Waals surface area contributed by atoms with Gasteiger partial charge in [0.25, 0.3) is 0 Å². The Bertz CT molecular complexity index is 84.2. The highest BCUT2D eigenvalue weighted by atomic mass is 16.1. The molecule has 0 aromatic heterocycles. The van der Waals surface area contributed by atoms with Gasteiger partial charge in [0.15, 0.2) is 0 Å². The van der Waals surface area contributed by atoms with Crippen LogP contribution in [-0.2, 0) is 4.79 Å². The Morgan fingerprint density at radius 3 is 3.00 bits per heavy atom. The van der Waals surface area contributed by atoms with E-state index in [1.165, 1.54) is 6.42 Å². The van der Waals surface area contributed by atoms with Crippen molar-refractivity contribution >= 4 is 6.41 Å². The van der Waals surface area contributed by atoms with Crippen molar-refractivity contribution in [1.82, 2.24) is 5.32 Å². The van der Waals surface area contributed by atoms with Gasteiger partial charge in [-0.25, -0.2) is 0 Å². The zero-order chi connectivity index (χ0) is 5.54. The molecule has 0 saturated heterocycles. The molecule has 2 radical (unpaired) electrons. The summed E-state index contributed by atoms with van der Waals surface area (Å²) in [6.07, 6.45) is 1.67. The Balaban J connectivity index is 2.72. The van der Waals surface area contributed by atoms with Crippen LogP contribution in [0.2, 0.25) is 0 Å². The second-order valence-corrected chi connectivity index (χ2v) is 0.804. The van der Waals surface area contributed by atoms with Gasteiger partial charge in [-0.15, -0.1) is 0 Å². The van der Waals surface area contributed by atoms with Crippen LogP contribution in [0.1, 0.15) is 0 Å². The molecule has 0 aliphatic carbocycles. The minimum absolute atomic E-state index is 0.208. The first kappa shape index (κ1) is 5.96. The molecule has 0 aliphatic rings. The SMILES string of the molecule is N#C[CH]C[N]C=O. The monoisotopic (exact) mass is 96.0 g/mol. The largest absolute Gasteiger partial charge is 0.277 e. The van der Waals surface area contributed by atoms with E-state index in [2.05, 4.69) is 5.32 Å². The summed E-state index contributed by atoms with van der Waals surface area (Å²) in [6.45, 7) is 0.208. The van der Waals surface area contributed by atoms with E-state index in [-0.39, 0.29) is 6.54 Å². The van der Waals surface area contributed by atoms with Crippen LogP contribution in [0.25, 0.3) is 0 Å². The van der Waals surface area contributed by atoms with E-state index < -0.39 is 0 Å². The normalized spacial score (nSPS) is 6.71. The maximum atomic E-state index is 9.38. The Kier molecular flexibility index (Phi) is 4.22. The first-order chi connectivity index (χ1) is 3.41. The summed E-state index contributed by atoms with van der Waals surface area (Å²) in [5, 5.41) is 11.0. The number of carbonyl (C=O) groups excluding carboxylic acids is 1. The van der Waals surface area contributed by atoms with Crippen molar-refractivity contribution in [3.8, 4) is 6.07 Å². The molecule has 7 heavy (non-hydrogen) atoms. The van der Waals surface area contributed by atoms with Gasteiger partial charge in [0.2, 0.25) is 6.41 Å². The molecular weight excluding hydrogens is 92.1 g/mol. The van der Waals surface area contributed by atoms with Crippen LogP contribution in [0.3, 0.4) is 0 Å². The number of amides is 1. The fourth-order valence-corrected chi connectivity index (χ4v) is 0.137. The lowest BCUT2D eigenvalue weighted by Crippen LogP contribution is -2.02. The average Bonchev–Trinajstić information content (AvgIpc) is 1.69. The van der Waals surface area contributed by atoms with Crippen LogP contribution < -0.4 is 5.32 Å². The summed E-state index contributed by atoms with van der Waals surface area (Å²) < 4.78 is 0. The van der Waals surface area contributed by atoms with Crippen molar-refractivity contribution in [1.29, 1.82) is 5.26 Å². The standard InChI is InChI=1S/C4H4N2O/c5-2-1-3-6-4-7/h1,4H,3H2. The summed E-state index contributed by atoms with van der Waals surface area (Å²) in [4.78, 5) is 9.38. The van der Waals surface area contributed by atoms with Gasteiger partial charge in [-0.05, 0) is 0 Å². The second-order valence-electron chi connectivity index (χ2n) is 0.804. The number of rotatable bonds is 3. The van der Waals surface area contributed by atoms with Crippen LogP contribution in [0.5, 0.6) is 0 Å². The minimum atomic E-state index is 0.208. The van der Waals surface area contributed by atoms with Gasteiger partial charge >= 0.3 is 0 Å². The van der Waals surface area contributed by atoms with Gasteiger partial charge < -0.3 is 0 Å². The molecule has 3 heteroatoms. The quantitative estimate of drug-likeness (QED) is 0.350. The highest BCUT2D eigenvalue weighted by Gasteiger charge is 1.79. The van der Waals surface area contributed by atoms with Crippen molar-refractivity contribution in [2.75, 3.05) is 6.54 Å². The van der Waals surface area contributed by atoms with E-state index in [0.29, 0.717) is 6.41 Å². The third-order valence-corrected chi connectivity index (χ3v) is 0.363. The highest BCUT2D eigenvalue weighted by Crippen LogP contribution is 1.64. The molecule has 0 atom stereocenters. The lowest BCUT2D eigenvalue weighted by Gasteiger charge is -1.79.